The van der Waals surface area contributed by atoms with Crippen molar-refractivity contribution in [3.05, 3.63) is 0 Å². The first-order valence-corrected chi connectivity index (χ1v) is 9.31. The molecule has 4 saturated carbocycles. The molecular formula is C19H29FO3. The highest BCUT2D eigenvalue weighted by Crippen LogP contribution is 2.65. The molecule has 0 aromatic heterocycles. The molecule has 0 aliphatic heterocycles. The van der Waals surface area contributed by atoms with Crippen LogP contribution in [-0.2, 0) is 4.79 Å². The van der Waals surface area contributed by atoms with E-state index in [4.69, 9.17) is 0 Å². The van der Waals surface area contributed by atoms with E-state index in [-0.39, 0.29) is 34.9 Å². The second-order valence-corrected chi connectivity index (χ2v) is 9.23. The van der Waals surface area contributed by atoms with E-state index < -0.39 is 23.8 Å². The predicted octanol–water partition coefficient (Wildman–Crippen LogP) is 2.88. The molecule has 0 unspecified atom stereocenters. The summed E-state index contributed by atoms with van der Waals surface area (Å²) in [5, 5.41) is 21.7. The molecule has 4 heteroatoms. The molecule has 4 fully saturated rings. The molecule has 130 valence electrons. The Morgan fingerprint density at radius 1 is 1.09 bits per heavy atom. The maximum atomic E-state index is 13.9. The largest absolute Gasteiger partial charge is 0.393 e. The Balaban J connectivity index is 1.73. The van der Waals surface area contributed by atoms with Crippen molar-refractivity contribution < 1.29 is 19.4 Å². The number of Topliss-reactive ketones (excluding diaryl/α,β-unsaturated/α-hetero) is 1. The zero-order chi connectivity index (χ0) is 16.6. The first kappa shape index (κ1) is 16.0. The second kappa shape index (κ2) is 5.01. The Morgan fingerprint density at radius 2 is 1.83 bits per heavy atom. The van der Waals surface area contributed by atoms with Crippen LogP contribution in [0, 0.1) is 34.5 Å². The summed E-state index contributed by atoms with van der Waals surface area (Å²) in [4.78, 5) is 12.4. The van der Waals surface area contributed by atoms with Gasteiger partial charge in [0.1, 0.15) is 12.0 Å². The van der Waals surface area contributed by atoms with Crippen LogP contribution < -0.4 is 0 Å². The van der Waals surface area contributed by atoms with Gasteiger partial charge in [-0.15, -0.1) is 0 Å². The van der Waals surface area contributed by atoms with Crippen LogP contribution in [-0.4, -0.2) is 34.4 Å². The smallest absolute Gasteiger partial charge is 0.139 e. The number of fused-ring (bicyclic) bond motifs is 5. The maximum Gasteiger partial charge on any atom is 0.139 e. The molecule has 0 saturated heterocycles. The van der Waals surface area contributed by atoms with Gasteiger partial charge in [-0.1, -0.05) is 13.8 Å². The molecule has 0 aromatic carbocycles. The number of halogens is 1. The molecule has 0 spiro atoms. The minimum Gasteiger partial charge on any atom is -0.393 e. The summed E-state index contributed by atoms with van der Waals surface area (Å²) < 4.78 is 13.9. The van der Waals surface area contributed by atoms with Gasteiger partial charge in [-0.05, 0) is 67.6 Å². The molecule has 9 atom stereocenters. The van der Waals surface area contributed by atoms with Gasteiger partial charge in [0.25, 0.3) is 0 Å². The first-order chi connectivity index (χ1) is 10.8. The Hall–Kier alpha value is -0.480. The highest BCUT2D eigenvalue weighted by molar-refractivity contribution is 5.87. The fourth-order valence-electron chi connectivity index (χ4n) is 7.15. The normalized spacial score (nSPS) is 59.2. The van der Waals surface area contributed by atoms with Crippen molar-refractivity contribution in [1.82, 2.24) is 0 Å². The van der Waals surface area contributed by atoms with Crippen LogP contribution in [0.15, 0.2) is 0 Å². The summed E-state index contributed by atoms with van der Waals surface area (Å²) in [6.45, 7) is 4.18. The van der Waals surface area contributed by atoms with Crippen LogP contribution in [0.3, 0.4) is 0 Å². The standard InChI is InChI=1S/C19H29FO3/c1-18-6-5-10(20)7-13(18)14(21)8-11-12-3-4-16(23)19(12,2)9-15(22)17(11)18/h10-15,17,21-22H,3-9H2,1-2H3/t10-,11+,12+,13-,14+,15-,17-,18+,19+/m1/s1. The minimum absolute atomic E-state index is 0.0522. The van der Waals surface area contributed by atoms with Crippen LogP contribution in [0.1, 0.15) is 58.8 Å². The lowest BCUT2D eigenvalue weighted by Crippen LogP contribution is -2.62. The number of aliphatic hydroxyl groups is 2. The fraction of sp³-hybridized carbons (Fsp3) is 0.947. The second-order valence-electron chi connectivity index (χ2n) is 9.23. The van der Waals surface area contributed by atoms with E-state index in [9.17, 15) is 19.4 Å². The zero-order valence-electron chi connectivity index (χ0n) is 14.2. The number of rotatable bonds is 0. The van der Waals surface area contributed by atoms with Gasteiger partial charge < -0.3 is 10.2 Å². The number of aliphatic hydroxyl groups excluding tert-OH is 2. The van der Waals surface area contributed by atoms with Gasteiger partial charge in [0, 0.05) is 11.8 Å². The number of carbonyl (C=O) groups is 1. The molecular weight excluding hydrogens is 295 g/mol. The number of alkyl halides is 1. The van der Waals surface area contributed by atoms with E-state index in [0.717, 1.165) is 12.8 Å². The Kier molecular flexibility index (Phi) is 3.49. The van der Waals surface area contributed by atoms with Crippen LogP contribution in [0.4, 0.5) is 4.39 Å². The Labute approximate surface area is 137 Å². The number of carbonyl (C=O) groups excluding carboxylic acids is 1. The SMILES string of the molecule is C[C@]12CC[C@@H](F)C[C@@H]1[C@@H](O)C[C@@H]1[C@@H]2[C@H](O)C[C@]2(C)C(=O)CC[C@@H]12. The van der Waals surface area contributed by atoms with E-state index in [1.165, 1.54) is 0 Å². The van der Waals surface area contributed by atoms with Crippen molar-refractivity contribution in [2.75, 3.05) is 0 Å². The lowest BCUT2D eigenvalue weighted by Gasteiger charge is -2.62. The highest BCUT2D eigenvalue weighted by atomic mass is 19.1. The van der Waals surface area contributed by atoms with Crippen molar-refractivity contribution in [2.24, 2.45) is 34.5 Å². The van der Waals surface area contributed by atoms with Crippen molar-refractivity contribution in [2.45, 2.75) is 77.2 Å². The fourth-order valence-corrected chi connectivity index (χ4v) is 7.15. The van der Waals surface area contributed by atoms with Gasteiger partial charge >= 0.3 is 0 Å². The van der Waals surface area contributed by atoms with E-state index in [1.807, 2.05) is 6.92 Å². The summed E-state index contributed by atoms with van der Waals surface area (Å²) in [7, 11) is 0. The van der Waals surface area contributed by atoms with E-state index in [2.05, 4.69) is 6.92 Å². The summed E-state index contributed by atoms with van der Waals surface area (Å²) >= 11 is 0. The third-order valence-electron chi connectivity index (χ3n) is 8.26. The molecule has 4 aliphatic carbocycles. The summed E-state index contributed by atoms with van der Waals surface area (Å²) in [5.41, 5.74) is -0.613. The van der Waals surface area contributed by atoms with E-state index in [1.54, 1.807) is 0 Å². The van der Waals surface area contributed by atoms with Gasteiger partial charge in [-0.25, -0.2) is 4.39 Å². The van der Waals surface area contributed by atoms with Crippen LogP contribution in [0.2, 0.25) is 0 Å². The van der Waals surface area contributed by atoms with E-state index in [0.29, 0.717) is 32.1 Å². The average Bonchev–Trinajstić information content (AvgIpc) is 2.76. The van der Waals surface area contributed by atoms with Gasteiger partial charge in [0.05, 0.1) is 12.2 Å². The average molecular weight is 324 g/mol. The van der Waals surface area contributed by atoms with Gasteiger partial charge in [-0.2, -0.15) is 0 Å². The minimum atomic E-state index is -0.821. The summed E-state index contributed by atoms with van der Waals surface area (Å²) in [5.74, 6) is 0.812. The Morgan fingerprint density at radius 3 is 2.57 bits per heavy atom. The summed E-state index contributed by atoms with van der Waals surface area (Å²) in [6, 6.07) is 0. The third kappa shape index (κ3) is 2.03. The summed E-state index contributed by atoms with van der Waals surface area (Å²) in [6.07, 6.45) is 2.57. The number of hydrogen-bond acceptors (Lipinski definition) is 3. The molecule has 0 heterocycles. The third-order valence-corrected chi connectivity index (χ3v) is 8.26. The maximum absolute atomic E-state index is 13.9. The molecule has 23 heavy (non-hydrogen) atoms. The molecule has 3 nitrogen and oxygen atoms in total. The predicted molar refractivity (Wildman–Crippen MR) is 84.4 cm³/mol. The molecule has 2 N–H and O–H groups in total. The number of ketones is 1. The molecule has 4 aliphatic rings. The first-order valence-electron chi connectivity index (χ1n) is 9.31. The van der Waals surface area contributed by atoms with Gasteiger partial charge in [0.2, 0.25) is 0 Å². The Bertz CT molecular complexity index is 523. The van der Waals surface area contributed by atoms with Crippen molar-refractivity contribution >= 4 is 5.78 Å². The lowest BCUT2D eigenvalue weighted by atomic mass is 9.44. The van der Waals surface area contributed by atoms with E-state index >= 15 is 0 Å². The van der Waals surface area contributed by atoms with Crippen LogP contribution in [0.25, 0.3) is 0 Å². The zero-order valence-corrected chi connectivity index (χ0v) is 14.2. The molecule has 4 rings (SSSR count). The molecule has 0 bridgehead atoms. The van der Waals surface area contributed by atoms with Gasteiger partial charge in [-0.3, -0.25) is 4.79 Å². The van der Waals surface area contributed by atoms with Crippen LogP contribution in [0.5, 0.6) is 0 Å². The molecule has 0 amide bonds. The van der Waals surface area contributed by atoms with Crippen LogP contribution >= 0.6 is 0 Å². The molecule has 0 aromatic rings. The lowest BCUT2D eigenvalue weighted by molar-refractivity contribution is -0.200. The topological polar surface area (TPSA) is 57.5 Å². The van der Waals surface area contributed by atoms with Crippen molar-refractivity contribution in [3.63, 3.8) is 0 Å². The molecule has 0 radical (unpaired) electrons. The monoisotopic (exact) mass is 324 g/mol. The highest BCUT2D eigenvalue weighted by Gasteiger charge is 2.64. The van der Waals surface area contributed by atoms with Crippen molar-refractivity contribution in [1.29, 1.82) is 0 Å². The quantitative estimate of drug-likeness (QED) is 0.720. The number of hydrogen-bond donors (Lipinski definition) is 2. The van der Waals surface area contributed by atoms with Crippen molar-refractivity contribution in [3.8, 4) is 0 Å². The van der Waals surface area contributed by atoms with Gasteiger partial charge in [0.15, 0.2) is 0 Å².